The van der Waals surface area contributed by atoms with E-state index in [9.17, 15) is 19.2 Å². The van der Waals surface area contributed by atoms with E-state index in [1.807, 2.05) is 44.2 Å². The lowest BCUT2D eigenvalue weighted by atomic mass is 9.76. The van der Waals surface area contributed by atoms with Crippen molar-refractivity contribution in [3.63, 3.8) is 0 Å². The number of carbonyl (C=O) groups excluding carboxylic acids is 4. The van der Waals surface area contributed by atoms with Gasteiger partial charge >= 0.3 is 6.09 Å². The van der Waals surface area contributed by atoms with Crippen LogP contribution in [0.4, 0.5) is 4.79 Å². The highest BCUT2D eigenvalue weighted by atomic mass is 35.5. The predicted octanol–water partition coefficient (Wildman–Crippen LogP) is 6.77. The number of hydrogen-bond acceptors (Lipinski definition) is 6. The van der Waals surface area contributed by atoms with Gasteiger partial charge in [-0.05, 0) is 90.8 Å². The van der Waals surface area contributed by atoms with Crippen LogP contribution in [0.25, 0.3) is 0 Å². The number of amides is 3. The van der Waals surface area contributed by atoms with Crippen molar-refractivity contribution in [2.45, 2.75) is 107 Å². The summed E-state index contributed by atoms with van der Waals surface area (Å²) in [6.45, 7) is 4.66. The van der Waals surface area contributed by atoms with Crippen LogP contribution in [0.2, 0.25) is 5.02 Å². The quantitative estimate of drug-likeness (QED) is 0.161. The fourth-order valence-corrected chi connectivity index (χ4v) is 8.23. The first kappa shape index (κ1) is 34.3. The highest BCUT2D eigenvalue weighted by molar-refractivity contribution is 7.99. The van der Waals surface area contributed by atoms with E-state index in [0.29, 0.717) is 36.6 Å². The lowest BCUT2D eigenvalue weighted by Gasteiger charge is -2.35. The van der Waals surface area contributed by atoms with Gasteiger partial charge < -0.3 is 20.2 Å². The van der Waals surface area contributed by atoms with E-state index in [1.54, 1.807) is 0 Å². The summed E-state index contributed by atoms with van der Waals surface area (Å²) >= 11 is 7.42. The summed E-state index contributed by atoms with van der Waals surface area (Å²) in [5, 5.41) is 5.63. The Bertz CT molecular complexity index is 1410. The molecule has 2 fully saturated rings. The molecule has 1 aliphatic heterocycles. The molecule has 2 aromatic carbocycles. The van der Waals surface area contributed by atoms with Crippen molar-refractivity contribution in [2.75, 3.05) is 6.54 Å². The van der Waals surface area contributed by atoms with Crippen molar-refractivity contribution >= 4 is 47.7 Å². The number of hydrogen-bond donors (Lipinski definition) is 3. The van der Waals surface area contributed by atoms with Gasteiger partial charge in [0.25, 0.3) is 0 Å². The Hall–Kier alpha value is -3.04. The molecule has 5 rings (SSSR count). The molecule has 1 heterocycles. The summed E-state index contributed by atoms with van der Waals surface area (Å²) in [4.78, 5) is 51.2. The van der Waals surface area contributed by atoms with Gasteiger partial charge in [0.15, 0.2) is 0 Å². The zero-order valence-corrected chi connectivity index (χ0v) is 28.4. The van der Waals surface area contributed by atoms with Gasteiger partial charge in [-0.3, -0.25) is 14.3 Å². The second-order valence-corrected chi connectivity index (χ2v) is 15.1. The minimum absolute atomic E-state index is 0.0859. The molecule has 0 aromatic heterocycles. The number of aryl methyl sites for hydroxylation is 2. The van der Waals surface area contributed by atoms with Crippen LogP contribution in [-0.2, 0) is 37.4 Å². The topological polar surface area (TPSA) is 114 Å². The Balaban J connectivity index is 1.31. The zero-order valence-electron chi connectivity index (χ0n) is 26.8. The number of fused-ring (bicyclic) bond motifs is 1. The first-order valence-electron chi connectivity index (χ1n) is 16.7. The Morgan fingerprint density at radius 3 is 2.54 bits per heavy atom. The lowest BCUT2D eigenvalue weighted by molar-refractivity contribution is -0.126. The van der Waals surface area contributed by atoms with Gasteiger partial charge in [0.1, 0.15) is 17.6 Å². The molecule has 0 radical (unpaired) electrons. The third-order valence-electron chi connectivity index (χ3n) is 9.92. The van der Waals surface area contributed by atoms with Crippen LogP contribution in [0, 0.1) is 11.8 Å². The van der Waals surface area contributed by atoms with E-state index >= 15 is 0 Å². The minimum atomic E-state index is -0.773. The summed E-state index contributed by atoms with van der Waals surface area (Å²) in [5.74, 6) is -0.351. The van der Waals surface area contributed by atoms with Crippen molar-refractivity contribution < 1.29 is 23.9 Å². The molecule has 2 aliphatic carbocycles. The number of rotatable bonds is 13. The maximum atomic E-state index is 13.6. The van der Waals surface area contributed by atoms with Crippen molar-refractivity contribution in [1.82, 2.24) is 15.4 Å². The molecule has 4 atom stereocenters. The third kappa shape index (κ3) is 8.65. The second-order valence-electron chi connectivity index (χ2n) is 13.6. The number of nitrogens with one attached hydrogen (secondary N) is 3. The van der Waals surface area contributed by atoms with Gasteiger partial charge in [-0.15, -0.1) is 0 Å². The maximum absolute atomic E-state index is 13.6. The summed E-state index contributed by atoms with van der Waals surface area (Å²) in [7, 11) is 0. The van der Waals surface area contributed by atoms with Crippen molar-refractivity contribution in [2.24, 2.45) is 11.8 Å². The third-order valence-corrected chi connectivity index (χ3v) is 11.1. The molecule has 3 N–H and O–H groups in total. The van der Waals surface area contributed by atoms with Gasteiger partial charge in [-0.2, -0.15) is 0 Å². The molecule has 46 heavy (non-hydrogen) atoms. The van der Waals surface area contributed by atoms with E-state index in [1.165, 1.54) is 17.5 Å². The molecule has 0 spiro atoms. The smallest absolute Gasteiger partial charge is 0.417 e. The Labute approximate surface area is 281 Å². The normalized spacial score (nSPS) is 20.2. The molecule has 3 amide bonds. The molecular weight excluding hydrogens is 622 g/mol. The van der Waals surface area contributed by atoms with E-state index in [0.717, 1.165) is 68.0 Å². The lowest BCUT2D eigenvalue weighted by Crippen LogP contribution is -2.44. The van der Waals surface area contributed by atoms with Gasteiger partial charge in [-0.1, -0.05) is 87.9 Å². The van der Waals surface area contributed by atoms with Crippen LogP contribution < -0.4 is 15.4 Å². The van der Waals surface area contributed by atoms with Crippen molar-refractivity contribution in [1.29, 1.82) is 0 Å². The summed E-state index contributed by atoms with van der Waals surface area (Å²) in [6.07, 6.45) is 9.58. The second kappa shape index (κ2) is 15.7. The van der Waals surface area contributed by atoms with Crippen LogP contribution >= 0.6 is 23.5 Å². The van der Waals surface area contributed by atoms with Crippen LogP contribution in [-0.4, -0.2) is 42.0 Å². The summed E-state index contributed by atoms with van der Waals surface area (Å²) < 4.78 is 9.06. The number of benzene rings is 2. The Morgan fingerprint density at radius 2 is 1.83 bits per heavy atom. The zero-order chi connectivity index (χ0) is 32.7. The molecule has 3 aliphatic rings. The molecule has 1 saturated heterocycles. The Morgan fingerprint density at radius 1 is 1.04 bits per heavy atom. The molecule has 1 unspecified atom stereocenters. The fraction of sp³-hybridized carbons (Fsp3) is 0.556. The Kier molecular flexibility index (Phi) is 11.7. The van der Waals surface area contributed by atoms with Crippen LogP contribution in [0.5, 0.6) is 0 Å². The average molecular weight is 668 g/mol. The summed E-state index contributed by atoms with van der Waals surface area (Å²) in [5.41, 5.74) is 3.85. The maximum Gasteiger partial charge on any atom is 0.417 e. The predicted molar refractivity (Wildman–Crippen MR) is 182 cm³/mol. The van der Waals surface area contributed by atoms with Crippen molar-refractivity contribution in [3.05, 3.63) is 69.7 Å². The highest BCUT2D eigenvalue weighted by Crippen LogP contribution is 2.42. The average Bonchev–Trinajstić information content (AvgIpc) is 3.69. The highest BCUT2D eigenvalue weighted by Gasteiger charge is 2.37. The van der Waals surface area contributed by atoms with Crippen LogP contribution in [0.1, 0.15) is 100.0 Å². The number of aldehydes is 1. The number of halogens is 1. The van der Waals surface area contributed by atoms with E-state index < -0.39 is 28.9 Å². The molecule has 0 bridgehead atoms. The van der Waals surface area contributed by atoms with Gasteiger partial charge in [0, 0.05) is 22.9 Å². The molecule has 8 nitrogen and oxygen atoms in total. The van der Waals surface area contributed by atoms with Gasteiger partial charge in [0.05, 0.1) is 6.04 Å². The van der Waals surface area contributed by atoms with Gasteiger partial charge in [-0.25, -0.2) is 4.79 Å². The SMILES string of the molecule is CC(C)(c1cccc(Cl)c1)C(OC(=O)NS[C@@H](CC1CCCCC1)C(=O)N[C@H](C=O)C[C@@H]1CCNC1=O)c1ccc2c(c1)CCC2. The molecule has 10 heteroatoms. The standard InChI is InChI=1S/C36H46ClN3O5S/c1-36(2,28-12-7-13-29(37)21-28)32(26-15-14-24-10-6-11-25(24)19-26)45-35(44)40-46-31(18-23-8-4-3-5-9-23)34(43)39-30(22-41)20-27-16-17-38-33(27)42/h7,12-15,19,21-23,27,30-32H,3-6,8-11,16-18,20H2,1-2H3,(H,38,42)(H,39,43)(H,40,44)/t27-,30-,31-,32?/m0/s1. The summed E-state index contributed by atoms with van der Waals surface area (Å²) in [6, 6.07) is 13.2. The molecule has 2 aromatic rings. The van der Waals surface area contributed by atoms with Crippen LogP contribution in [0.15, 0.2) is 42.5 Å². The minimum Gasteiger partial charge on any atom is -0.440 e. The molecular formula is C36H46ClN3O5S. The monoisotopic (exact) mass is 667 g/mol. The largest absolute Gasteiger partial charge is 0.440 e. The van der Waals surface area contributed by atoms with Crippen molar-refractivity contribution in [3.8, 4) is 0 Å². The first-order chi connectivity index (χ1) is 22.1. The number of ether oxygens (including phenoxy) is 1. The van der Waals surface area contributed by atoms with E-state index in [2.05, 4.69) is 27.5 Å². The van der Waals surface area contributed by atoms with E-state index in [4.69, 9.17) is 16.3 Å². The number of carbonyl (C=O) groups is 4. The molecule has 1 saturated carbocycles. The van der Waals surface area contributed by atoms with Crippen LogP contribution in [0.3, 0.4) is 0 Å². The molecule has 248 valence electrons. The van der Waals surface area contributed by atoms with E-state index in [-0.39, 0.29) is 24.2 Å². The van der Waals surface area contributed by atoms with Gasteiger partial charge in [0.2, 0.25) is 11.8 Å². The first-order valence-corrected chi connectivity index (χ1v) is 17.9. The fourth-order valence-electron chi connectivity index (χ4n) is 7.21.